The van der Waals surface area contributed by atoms with Crippen molar-refractivity contribution < 1.29 is 13.2 Å². The Balaban J connectivity index is 2.63. The summed E-state index contributed by atoms with van der Waals surface area (Å²) in [4.78, 5) is 0. The first-order chi connectivity index (χ1) is 4.79. The summed E-state index contributed by atoms with van der Waals surface area (Å²) in [7, 11) is 0. The van der Waals surface area contributed by atoms with Crippen molar-refractivity contribution in [2.24, 2.45) is 17.6 Å². The highest BCUT2D eigenvalue weighted by Gasteiger charge is 2.68. The van der Waals surface area contributed by atoms with Gasteiger partial charge in [0.15, 0.2) is 0 Å². The Hall–Kier alpha value is -0.250. The maximum absolute atomic E-state index is 12.1. The molecule has 2 atom stereocenters. The van der Waals surface area contributed by atoms with Crippen LogP contribution < -0.4 is 5.73 Å². The average Bonchev–Trinajstić information content (AvgIpc) is 2.40. The molecular formula is C7H12F3N. The van der Waals surface area contributed by atoms with Crippen LogP contribution in [0.5, 0.6) is 0 Å². The van der Waals surface area contributed by atoms with Gasteiger partial charge in [0.1, 0.15) is 5.54 Å². The second-order valence-corrected chi connectivity index (χ2v) is 3.59. The Morgan fingerprint density at radius 2 is 1.91 bits per heavy atom. The number of hydrogen-bond donors (Lipinski definition) is 1. The highest BCUT2D eigenvalue weighted by molar-refractivity contribution is 5.13. The van der Waals surface area contributed by atoms with E-state index in [-0.39, 0.29) is 18.3 Å². The maximum Gasteiger partial charge on any atom is 0.406 e. The summed E-state index contributed by atoms with van der Waals surface area (Å²) >= 11 is 0. The summed E-state index contributed by atoms with van der Waals surface area (Å²) in [6.07, 6.45) is -4.13. The van der Waals surface area contributed by atoms with Gasteiger partial charge >= 0.3 is 6.18 Å². The molecule has 4 heteroatoms. The van der Waals surface area contributed by atoms with E-state index in [1.54, 1.807) is 13.8 Å². The monoisotopic (exact) mass is 167 g/mol. The van der Waals surface area contributed by atoms with Crippen LogP contribution in [0, 0.1) is 11.8 Å². The number of halogens is 3. The van der Waals surface area contributed by atoms with Gasteiger partial charge in [0, 0.05) is 0 Å². The van der Waals surface area contributed by atoms with Crippen LogP contribution in [0.15, 0.2) is 0 Å². The number of hydrogen-bond acceptors (Lipinski definition) is 1. The Kier molecular flexibility index (Phi) is 1.71. The molecule has 0 amide bonds. The molecule has 0 aromatic heterocycles. The first-order valence-electron chi connectivity index (χ1n) is 3.64. The summed E-state index contributed by atoms with van der Waals surface area (Å²) < 4.78 is 36.3. The molecule has 2 unspecified atom stereocenters. The number of rotatable bonds is 1. The molecule has 11 heavy (non-hydrogen) atoms. The Morgan fingerprint density at radius 3 is 2.00 bits per heavy atom. The van der Waals surface area contributed by atoms with Crippen molar-refractivity contribution in [3.05, 3.63) is 0 Å². The second kappa shape index (κ2) is 2.12. The molecule has 1 saturated carbocycles. The van der Waals surface area contributed by atoms with Crippen LogP contribution in [0.25, 0.3) is 0 Å². The smallest absolute Gasteiger partial charge is 0.317 e. The van der Waals surface area contributed by atoms with Crippen LogP contribution in [0.4, 0.5) is 13.2 Å². The third-order valence-corrected chi connectivity index (χ3v) is 2.39. The molecule has 0 spiro atoms. The van der Waals surface area contributed by atoms with Crippen LogP contribution in [0.3, 0.4) is 0 Å². The van der Waals surface area contributed by atoms with Gasteiger partial charge < -0.3 is 5.73 Å². The predicted octanol–water partition coefficient (Wildman–Crippen LogP) is 1.92. The lowest BCUT2D eigenvalue weighted by Crippen LogP contribution is -2.42. The van der Waals surface area contributed by atoms with Crippen LogP contribution in [0.2, 0.25) is 0 Å². The van der Waals surface area contributed by atoms with Gasteiger partial charge in [-0.2, -0.15) is 13.2 Å². The minimum atomic E-state index is -4.22. The van der Waals surface area contributed by atoms with E-state index >= 15 is 0 Å². The Labute approximate surface area is 63.8 Å². The average molecular weight is 167 g/mol. The number of nitrogens with two attached hydrogens (primary N) is 1. The van der Waals surface area contributed by atoms with E-state index in [1.807, 2.05) is 0 Å². The second-order valence-electron chi connectivity index (χ2n) is 3.59. The van der Waals surface area contributed by atoms with Gasteiger partial charge in [-0.1, -0.05) is 13.8 Å². The van der Waals surface area contributed by atoms with E-state index in [2.05, 4.69) is 0 Å². The normalized spacial score (nSPS) is 37.9. The van der Waals surface area contributed by atoms with Gasteiger partial charge in [0.05, 0.1) is 0 Å². The van der Waals surface area contributed by atoms with Crippen LogP contribution >= 0.6 is 0 Å². The van der Waals surface area contributed by atoms with E-state index in [1.165, 1.54) is 0 Å². The van der Waals surface area contributed by atoms with Crippen molar-refractivity contribution in [1.82, 2.24) is 0 Å². The molecule has 0 radical (unpaired) electrons. The molecule has 0 bridgehead atoms. The largest absolute Gasteiger partial charge is 0.406 e. The van der Waals surface area contributed by atoms with Crippen LogP contribution in [0.1, 0.15) is 20.3 Å². The maximum atomic E-state index is 12.1. The summed E-state index contributed by atoms with van der Waals surface area (Å²) in [6, 6.07) is 0. The lowest BCUT2D eigenvalue weighted by atomic mass is 10.0. The van der Waals surface area contributed by atoms with E-state index < -0.39 is 11.7 Å². The molecule has 2 N–H and O–H groups in total. The SMILES string of the molecule is CC(C)C1CC1(N)C(F)(F)F. The third-order valence-electron chi connectivity index (χ3n) is 2.39. The fourth-order valence-electron chi connectivity index (χ4n) is 1.46. The predicted molar refractivity (Wildman–Crippen MR) is 35.9 cm³/mol. The van der Waals surface area contributed by atoms with Gasteiger partial charge in [-0.15, -0.1) is 0 Å². The summed E-state index contributed by atoms with van der Waals surface area (Å²) in [5, 5.41) is 0. The molecule has 0 aromatic rings. The molecule has 1 nitrogen and oxygen atoms in total. The molecule has 1 rings (SSSR count). The zero-order chi connectivity index (χ0) is 8.86. The van der Waals surface area contributed by atoms with E-state index in [0.717, 1.165) is 0 Å². The highest BCUT2D eigenvalue weighted by atomic mass is 19.4. The van der Waals surface area contributed by atoms with Crippen molar-refractivity contribution in [2.75, 3.05) is 0 Å². The van der Waals surface area contributed by atoms with Crippen molar-refractivity contribution in [3.8, 4) is 0 Å². The first kappa shape index (κ1) is 8.84. The third kappa shape index (κ3) is 1.24. The molecule has 66 valence electrons. The Bertz CT molecular complexity index is 164. The quantitative estimate of drug-likeness (QED) is 0.634. The lowest BCUT2D eigenvalue weighted by molar-refractivity contribution is -0.161. The molecule has 1 aliphatic carbocycles. The molecule has 1 fully saturated rings. The van der Waals surface area contributed by atoms with Crippen molar-refractivity contribution in [3.63, 3.8) is 0 Å². The van der Waals surface area contributed by atoms with Crippen LogP contribution in [-0.4, -0.2) is 11.7 Å². The van der Waals surface area contributed by atoms with Gasteiger partial charge in [0.2, 0.25) is 0 Å². The van der Waals surface area contributed by atoms with E-state index in [4.69, 9.17) is 5.73 Å². The molecule has 0 heterocycles. The molecular weight excluding hydrogens is 155 g/mol. The Morgan fingerprint density at radius 1 is 1.45 bits per heavy atom. The molecule has 1 aliphatic rings. The van der Waals surface area contributed by atoms with Gasteiger partial charge in [-0.3, -0.25) is 0 Å². The van der Waals surface area contributed by atoms with E-state index in [0.29, 0.717) is 0 Å². The summed E-state index contributed by atoms with van der Waals surface area (Å²) in [6.45, 7) is 3.54. The highest BCUT2D eigenvalue weighted by Crippen LogP contribution is 2.55. The minimum absolute atomic E-state index is 0.0293. The van der Waals surface area contributed by atoms with Gasteiger partial charge in [0.25, 0.3) is 0 Å². The van der Waals surface area contributed by atoms with Crippen molar-refractivity contribution >= 4 is 0 Å². The summed E-state index contributed by atoms with van der Waals surface area (Å²) in [5.74, 6) is -0.343. The van der Waals surface area contributed by atoms with Crippen LogP contribution in [-0.2, 0) is 0 Å². The van der Waals surface area contributed by atoms with Crippen molar-refractivity contribution in [2.45, 2.75) is 32.0 Å². The molecule has 0 saturated heterocycles. The van der Waals surface area contributed by atoms with Gasteiger partial charge in [-0.25, -0.2) is 0 Å². The van der Waals surface area contributed by atoms with E-state index in [9.17, 15) is 13.2 Å². The standard InChI is InChI=1S/C7H12F3N/c1-4(2)5-3-6(5,11)7(8,9)10/h4-5H,3,11H2,1-2H3. The zero-order valence-electron chi connectivity index (χ0n) is 6.57. The topological polar surface area (TPSA) is 26.0 Å². The van der Waals surface area contributed by atoms with Crippen molar-refractivity contribution in [1.29, 1.82) is 0 Å². The zero-order valence-corrected chi connectivity index (χ0v) is 6.57. The minimum Gasteiger partial charge on any atom is -0.317 e. The molecule has 0 aromatic carbocycles. The number of alkyl halides is 3. The lowest BCUT2D eigenvalue weighted by Gasteiger charge is -2.16. The fraction of sp³-hybridized carbons (Fsp3) is 1.00. The van der Waals surface area contributed by atoms with Gasteiger partial charge in [-0.05, 0) is 18.3 Å². The fourth-order valence-corrected chi connectivity index (χ4v) is 1.46. The first-order valence-corrected chi connectivity index (χ1v) is 3.64. The summed E-state index contributed by atoms with van der Waals surface area (Å²) in [5.41, 5.74) is 3.27. The molecule has 0 aliphatic heterocycles.